The van der Waals surface area contributed by atoms with E-state index in [0.717, 1.165) is 22.9 Å². The Hall–Kier alpha value is -1.67. The number of phosphoric acid groups is 2. The van der Waals surface area contributed by atoms with Gasteiger partial charge < -0.3 is 24.5 Å². The van der Waals surface area contributed by atoms with Crippen LogP contribution in [-0.2, 0) is 31.6 Å². The van der Waals surface area contributed by atoms with Crippen molar-refractivity contribution in [2.24, 2.45) is 4.95 Å². The van der Waals surface area contributed by atoms with E-state index < -0.39 is 48.4 Å². The average molecular weight is 587 g/mol. The lowest BCUT2D eigenvalue weighted by Gasteiger charge is -2.25. The van der Waals surface area contributed by atoms with Crippen LogP contribution >= 0.6 is 23.4 Å². The zero-order valence-electron chi connectivity index (χ0n) is 20.5. The number of aromatic nitrogens is 2. The Balaban J connectivity index is 2.21. The second-order valence-corrected chi connectivity index (χ2v) is 12.5. The minimum absolute atomic E-state index is 0.0292. The van der Waals surface area contributed by atoms with Gasteiger partial charge in [-0.25, -0.2) is 17.9 Å². The number of rotatable bonds is 12. The summed E-state index contributed by atoms with van der Waals surface area (Å²) in [6.07, 6.45) is 2.58. The lowest BCUT2D eigenvalue weighted by atomic mass is 10.1. The van der Waals surface area contributed by atoms with Crippen molar-refractivity contribution in [1.29, 1.82) is 0 Å². The predicted octanol–water partition coefficient (Wildman–Crippen LogP) is 1.83. The molecule has 1 aliphatic heterocycles. The molecular weight excluding hydrogens is 557 g/mol. The molecule has 208 valence electrons. The van der Waals surface area contributed by atoms with E-state index in [9.17, 15) is 33.5 Å². The smallest absolute Gasteiger partial charge is 0.390 e. The number of allylic oxidation sites excluding steroid dienone is 1. The molecule has 6 atom stereocenters. The second-order valence-electron chi connectivity index (χ2n) is 7.94. The van der Waals surface area contributed by atoms with Gasteiger partial charge in [0, 0.05) is 17.6 Å². The fourth-order valence-corrected chi connectivity index (χ4v) is 6.73. The van der Waals surface area contributed by atoms with Gasteiger partial charge in [0.05, 0.1) is 25.0 Å². The number of anilines is 1. The number of nitrogens with zero attached hydrogens (tertiary/aromatic N) is 4. The lowest BCUT2D eigenvalue weighted by molar-refractivity contribution is -0.518. The molecule has 19 heteroatoms. The van der Waals surface area contributed by atoms with Crippen molar-refractivity contribution in [3.05, 3.63) is 41.1 Å². The van der Waals surface area contributed by atoms with Crippen LogP contribution in [-0.4, -0.2) is 49.8 Å². The summed E-state index contributed by atoms with van der Waals surface area (Å²) in [6, 6.07) is 0. The summed E-state index contributed by atoms with van der Waals surface area (Å²) >= 11 is 0. The minimum atomic E-state index is -5.71. The number of ether oxygens (including phenoxy) is 1. The molecule has 1 saturated heterocycles. The molecule has 0 saturated carbocycles. The van der Waals surface area contributed by atoms with Gasteiger partial charge in [-0.15, -0.1) is 4.91 Å². The van der Waals surface area contributed by atoms with Crippen LogP contribution in [0.3, 0.4) is 0 Å². The Labute approximate surface area is 212 Å². The van der Waals surface area contributed by atoms with E-state index in [0.29, 0.717) is 5.82 Å². The first-order valence-electron chi connectivity index (χ1n) is 10.8. The monoisotopic (exact) mass is 587 g/mol. The molecule has 6 unspecified atom stereocenters. The maximum Gasteiger partial charge on any atom is 0.496 e. The Morgan fingerprint density at radius 2 is 1.97 bits per heavy atom. The first-order chi connectivity index (χ1) is 17.1. The predicted molar refractivity (Wildman–Crippen MR) is 129 cm³/mol. The van der Waals surface area contributed by atoms with Gasteiger partial charge >= 0.3 is 23.4 Å². The zero-order chi connectivity index (χ0) is 28.2. The first-order valence-corrected chi connectivity index (χ1v) is 15.3. The first kappa shape index (κ1) is 31.5. The van der Waals surface area contributed by atoms with Gasteiger partial charge in [-0.05, 0) is 37.7 Å². The zero-order valence-corrected chi connectivity index (χ0v) is 23.2. The maximum atomic E-state index is 12.1. The summed E-state index contributed by atoms with van der Waals surface area (Å²) in [5.41, 5.74) is 1.87. The van der Waals surface area contributed by atoms with Gasteiger partial charge in [0.2, 0.25) is 0 Å². The molecule has 16 nitrogen and oxygen atoms in total. The van der Waals surface area contributed by atoms with Crippen molar-refractivity contribution in [2.45, 2.75) is 59.0 Å². The molecule has 0 amide bonds. The molecule has 1 aromatic heterocycles. The third kappa shape index (κ3) is 8.41. The summed E-state index contributed by atoms with van der Waals surface area (Å²) in [5.74, 6) is 0.520. The number of hydrogen-bond acceptors (Lipinski definition) is 11. The van der Waals surface area contributed by atoms with Gasteiger partial charge in [-0.3, -0.25) is 9.42 Å². The number of hydrogen-bond donors (Lipinski definition) is 4. The molecule has 0 bridgehead atoms. The minimum Gasteiger partial charge on any atom is -0.390 e. The van der Waals surface area contributed by atoms with Gasteiger partial charge in [0.15, 0.2) is 0 Å². The van der Waals surface area contributed by atoms with Crippen molar-refractivity contribution in [2.75, 3.05) is 11.5 Å². The molecular formula is C18H30N4O12P3+. The standard InChI is InChI=1S/C18H29N4O12P3/c1-6-8-22(18-13(4)17(12(3)7-2)21(5)11-19-18)16-9-14(23)15(32-16)10-31-36(27,28)34-37(29,30)33-35(25,26)20-24/h6,8,11,14-16,23H,5,7,9-10H2,1-4H3,(H2-,25,26,27,28,29,30)/p+1/b8-6-,17-12+. The number of aliphatic hydroxyl groups is 1. The van der Waals surface area contributed by atoms with Crippen molar-refractivity contribution in [3.8, 4) is 0 Å². The number of phosphoric ester groups is 1. The van der Waals surface area contributed by atoms with Crippen molar-refractivity contribution in [1.82, 2.24) is 4.98 Å². The van der Waals surface area contributed by atoms with E-state index in [1.54, 1.807) is 39.6 Å². The van der Waals surface area contributed by atoms with Crippen LogP contribution < -0.4 is 14.5 Å². The Morgan fingerprint density at radius 1 is 1.32 bits per heavy atom. The molecule has 4 N–H and O–H groups in total. The van der Waals surface area contributed by atoms with Crippen LogP contribution in [0.2, 0.25) is 0 Å². The highest BCUT2D eigenvalue weighted by Gasteiger charge is 2.44. The fourth-order valence-electron chi connectivity index (χ4n) is 3.58. The van der Waals surface area contributed by atoms with E-state index in [-0.39, 0.29) is 6.42 Å². The van der Waals surface area contributed by atoms with E-state index in [4.69, 9.17) is 9.63 Å². The van der Waals surface area contributed by atoms with E-state index >= 15 is 0 Å². The maximum absolute atomic E-state index is 12.1. The molecule has 0 radical (unpaired) electrons. The highest BCUT2D eigenvalue weighted by atomic mass is 31.3. The molecule has 0 spiro atoms. The van der Waals surface area contributed by atoms with Gasteiger partial charge in [-0.2, -0.15) is 8.62 Å². The Kier molecular flexibility index (Phi) is 10.6. The largest absolute Gasteiger partial charge is 0.496 e. The normalized spacial score (nSPS) is 25.8. The third-order valence-electron chi connectivity index (χ3n) is 5.22. The highest BCUT2D eigenvalue weighted by molar-refractivity contribution is 7.67. The summed E-state index contributed by atoms with van der Waals surface area (Å²) in [6.45, 7) is 10.8. The average Bonchev–Trinajstić information content (AvgIpc) is 3.15. The molecule has 1 aliphatic rings. The van der Waals surface area contributed by atoms with Gasteiger partial charge in [-0.1, -0.05) is 13.0 Å². The SMILES string of the molecule is C=[n+]1cnc(N(/C=C\C)C2CC(O)C(COP(=O)(O)OP(=O)(O)OP(=O)(O)N=O)O2)c(C)/c1=C(/C)CC. The quantitative estimate of drug-likeness (QED) is 0.156. The highest BCUT2D eigenvalue weighted by Crippen LogP contribution is 2.67. The van der Waals surface area contributed by atoms with Crippen LogP contribution in [0.25, 0.3) is 5.57 Å². The van der Waals surface area contributed by atoms with E-state index in [2.05, 4.69) is 24.8 Å². The van der Waals surface area contributed by atoms with Crippen LogP contribution in [0.15, 0.2) is 23.6 Å². The van der Waals surface area contributed by atoms with Crippen LogP contribution in [0.5, 0.6) is 0 Å². The topological polar surface area (TPSA) is 221 Å². The van der Waals surface area contributed by atoms with Crippen molar-refractivity contribution >= 4 is 34.8 Å². The van der Waals surface area contributed by atoms with Gasteiger partial charge in [0.25, 0.3) is 12.1 Å². The molecule has 2 heterocycles. The van der Waals surface area contributed by atoms with Crippen molar-refractivity contribution in [3.63, 3.8) is 0 Å². The van der Waals surface area contributed by atoms with E-state index in [1.165, 1.54) is 0 Å². The fraction of sp³-hybridized carbons (Fsp3) is 0.556. The molecule has 1 fully saturated rings. The Bertz CT molecular complexity index is 1290. The number of nitroso groups, excluding NO2 is 1. The molecule has 2 rings (SSSR count). The van der Waals surface area contributed by atoms with Crippen LogP contribution in [0, 0.1) is 18.5 Å². The molecule has 1 aromatic rings. The summed E-state index contributed by atoms with van der Waals surface area (Å²) in [4.78, 5) is 45.8. The van der Waals surface area contributed by atoms with E-state index in [1.807, 2.05) is 20.8 Å². The van der Waals surface area contributed by atoms with Crippen LogP contribution in [0.4, 0.5) is 5.82 Å². The summed E-state index contributed by atoms with van der Waals surface area (Å²) in [5, 5.41) is 11.3. The molecule has 0 aliphatic carbocycles. The third-order valence-corrected chi connectivity index (χ3v) is 9.23. The lowest BCUT2D eigenvalue weighted by Crippen LogP contribution is -2.42. The summed E-state index contributed by atoms with van der Waals surface area (Å²) in [7, 11) is -16.6. The second kappa shape index (κ2) is 12.5. The Morgan fingerprint density at radius 3 is 2.54 bits per heavy atom. The van der Waals surface area contributed by atoms with Crippen LogP contribution in [0.1, 0.15) is 39.2 Å². The molecule has 0 aromatic carbocycles. The summed E-state index contributed by atoms with van der Waals surface area (Å²) < 4.78 is 54.3. The number of aliphatic hydroxyl groups excluding tert-OH is 1. The van der Waals surface area contributed by atoms with Crippen molar-refractivity contribution < 1.29 is 55.6 Å². The molecule has 37 heavy (non-hydrogen) atoms. The van der Waals surface area contributed by atoms with Gasteiger partial charge in [0.1, 0.15) is 17.7 Å².